The minimum absolute atomic E-state index is 0.0443. The van der Waals surface area contributed by atoms with Crippen molar-refractivity contribution in [3.05, 3.63) is 97.2 Å². The van der Waals surface area contributed by atoms with Gasteiger partial charge in [0.05, 0.1) is 13.2 Å². The van der Waals surface area contributed by atoms with Crippen molar-refractivity contribution in [1.82, 2.24) is 5.32 Å². The molecule has 0 spiro atoms. The highest BCUT2D eigenvalue weighted by Crippen LogP contribution is 2.42. The molecule has 0 aliphatic rings. The van der Waals surface area contributed by atoms with Crippen molar-refractivity contribution in [3.8, 4) is 0 Å². The maximum Gasteiger partial charge on any atom is 0.472 e. The number of phosphoric acid groups is 1. The number of hydrogen-bond acceptors (Lipinski definition) is 7. The zero-order chi connectivity index (χ0) is 43.2. The van der Waals surface area contributed by atoms with Crippen LogP contribution in [0.2, 0.25) is 0 Å². The molecular formula is C49H82NO8P. The third kappa shape index (κ3) is 45.9. The molecule has 0 rings (SSSR count). The van der Waals surface area contributed by atoms with Crippen LogP contribution in [0.4, 0.5) is 0 Å². The number of nitrogens with one attached hydrogen (secondary N) is 1. The summed E-state index contributed by atoms with van der Waals surface area (Å²) in [6, 6.07) is 0. The molecule has 0 aromatic rings. The zero-order valence-electron chi connectivity index (χ0n) is 36.9. The molecule has 9 nitrogen and oxygen atoms in total. The number of amides is 1. The Kier molecular flexibility index (Phi) is 42.2. The second-order valence-electron chi connectivity index (χ2n) is 14.7. The summed E-state index contributed by atoms with van der Waals surface area (Å²) in [6.45, 7) is 3.39. The van der Waals surface area contributed by atoms with Crippen molar-refractivity contribution in [2.24, 2.45) is 0 Å². The van der Waals surface area contributed by atoms with E-state index in [0.29, 0.717) is 19.3 Å². The first kappa shape index (κ1) is 55.9. The van der Waals surface area contributed by atoms with Crippen LogP contribution in [0.1, 0.15) is 168 Å². The first-order valence-electron chi connectivity index (χ1n) is 22.7. The predicted molar refractivity (Wildman–Crippen MR) is 247 cm³/mol. The Hall–Kier alpha value is -3.07. The van der Waals surface area contributed by atoms with Crippen LogP contribution in [0.25, 0.3) is 0 Å². The van der Waals surface area contributed by atoms with Crippen molar-refractivity contribution in [3.63, 3.8) is 0 Å². The van der Waals surface area contributed by atoms with Crippen LogP contribution in [0.3, 0.4) is 0 Å². The highest BCUT2D eigenvalue weighted by atomic mass is 31.2. The Morgan fingerprint density at radius 3 is 1.41 bits per heavy atom. The van der Waals surface area contributed by atoms with Crippen molar-refractivity contribution < 1.29 is 37.9 Å². The van der Waals surface area contributed by atoms with Gasteiger partial charge in [0.15, 0.2) is 0 Å². The van der Waals surface area contributed by atoms with E-state index in [2.05, 4.69) is 116 Å². The normalized spacial score (nSPS) is 14.2. The first-order chi connectivity index (χ1) is 28.8. The lowest BCUT2D eigenvalue weighted by Crippen LogP contribution is -2.27. The third-order valence-corrected chi connectivity index (χ3v) is 9.97. The number of aliphatic hydroxyl groups is 1. The van der Waals surface area contributed by atoms with E-state index in [9.17, 15) is 24.2 Å². The topological polar surface area (TPSA) is 131 Å². The van der Waals surface area contributed by atoms with Gasteiger partial charge in [0, 0.05) is 19.4 Å². The summed E-state index contributed by atoms with van der Waals surface area (Å²) in [5.74, 6) is -0.600. The number of carbonyl (C=O) groups excluding carboxylic acids is 2. The van der Waals surface area contributed by atoms with Gasteiger partial charge in [0.1, 0.15) is 12.7 Å². The fraction of sp³-hybridized carbons (Fsp3) is 0.633. The number of allylic oxidation sites excluding steroid dienone is 16. The number of carbonyl (C=O) groups is 2. The second-order valence-corrected chi connectivity index (χ2v) is 16.1. The van der Waals surface area contributed by atoms with Crippen molar-refractivity contribution in [1.29, 1.82) is 0 Å². The van der Waals surface area contributed by atoms with Gasteiger partial charge >= 0.3 is 13.8 Å². The van der Waals surface area contributed by atoms with E-state index in [0.717, 1.165) is 77.0 Å². The van der Waals surface area contributed by atoms with Gasteiger partial charge in [-0.15, -0.1) is 0 Å². The number of ether oxygens (including phenoxy) is 1. The monoisotopic (exact) mass is 844 g/mol. The molecule has 3 N–H and O–H groups in total. The average Bonchev–Trinajstić information content (AvgIpc) is 3.22. The number of aliphatic hydroxyl groups excluding tert-OH is 1. The average molecular weight is 844 g/mol. The van der Waals surface area contributed by atoms with Gasteiger partial charge in [-0.1, -0.05) is 156 Å². The molecule has 0 saturated carbocycles. The van der Waals surface area contributed by atoms with Crippen molar-refractivity contribution in [2.45, 2.75) is 174 Å². The van der Waals surface area contributed by atoms with Crippen LogP contribution in [-0.4, -0.2) is 54.3 Å². The van der Waals surface area contributed by atoms with Gasteiger partial charge in [-0.05, 0) is 96.3 Å². The Morgan fingerprint density at radius 2 is 0.932 bits per heavy atom. The standard InChI is InChI=1S/C49H82NO8P/c1-3-5-7-9-11-13-15-17-19-21-22-23-24-26-28-30-32-34-36-38-40-42-49(53)56-45-47(51)46-58-59(54,55)57-44-43-50-48(52)41-39-37-35-33-31-29-27-25-20-18-16-14-12-10-8-6-4-2/h11-14,17-20,22-23,26-29,33,35,47,51H,3-10,15-16,21,24-25,30-32,34,36-46H2,1-2H3,(H,50,52)(H,54,55)/b13-11-,14-12-,19-17-,20-18-,23-22-,28-26-,29-27-,35-33-. The minimum Gasteiger partial charge on any atom is -0.463 e. The van der Waals surface area contributed by atoms with Gasteiger partial charge in [0.2, 0.25) is 5.91 Å². The Balaban J connectivity index is 3.73. The van der Waals surface area contributed by atoms with Crippen molar-refractivity contribution >= 4 is 19.7 Å². The number of hydrogen-bond donors (Lipinski definition) is 3. The Bertz CT molecular complexity index is 1280. The Labute approximate surface area is 359 Å². The molecule has 0 radical (unpaired) electrons. The lowest BCUT2D eigenvalue weighted by atomic mass is 10.1. The maximum absolute atomic E-state index is 12.1. The Morgan fingerprint density at radius 1 is 0.525 bits per heavy atom. The van der Waals surface area contributed by atoms with E-state index >= 15 is 0 Å². The van der Waals surface area contributed by atoms with E-state index < -0.39 is 26.5 Å². The molecule has 0 fully saturated rings. The number of esters is 1. The molecule has 0 saturated heterocycles. The van der Waals surface area contributed by atoms with Gasteiger partial charge < -0.3 is 20.1 Å². The first-order valence-corrected chi connectivity index (χ1v) is 24.2. The highest BCUT2D eigenvalue weighted by molar-refractivity contribution is 7.47. The number of phosphoric ester groups is 1. The van der Waals surface area contributed by atoms with Gasteiger partial charge in [0.25, 0.3) is 0 Å². The smallest absolute Gasteiger partial charge is 0.463 e. The maximum atomic E-state index is 12.1. The summed E-state index contributed by atoms with van der Waals surface area (Å²) in [5.41, 5.74) is 0. The quantitative estimate of drug-likeness (QED) is 0.0240. The molecule has 0 aromatic heterocycles. The van der Waals surface area contributed by atoms with E-state index in [-0.39, 0.29) is 32.1 Å². The molecule has 0 bridgehead atoms. The summed E-state index contributed by atoms with van der Waals surface area (Å²) in [6.07, 6.45) is 57.7. The van der Waals surface area contributed by atoms with Gasteiger partial charge in [-0.2, -0.15) is 0 Å². The molecule has 0 aliphatic carbocycles. The summed E-state index contributed by atoms with van der Waals surface area (Å²) in [4.78, 5) is 33.9. The lowest BCUT2D eigenvalue weighted by Gasteiger charge is -2.15. The van der Waals surface area contributed by atoms with Crippen LogP contribution in [-0.2, 0) is 27.9 Å². The molecule has 0 aromatic carbocycles. The summed E-state index contributed by atoms with van der Waals surface area (Å²) >= 11 is 0. The van der Waals surface area contributed by atoms with E-state index in [4.69, 9.17) is 13.8 Å². The SMILES string of the molecule is CCCCC/C=C\C/C=C\C/C=C\C/C=C\CCCCCCCC(=O)OCC(O)COP(=O)(O)OCCNC(=O)CCC/C=C\C/C=C\C/C=C\C/C=C\CCCCC. The third-order valence-electron chi connectivity index (χ3n) is 8.99. The largest absolute Gasteiger partial charge is 0.472 e. The lowest BCUT2D eigenvalue weighted by molar-refractivity contribution is -0.147. The van der Waals surface area contributed by atoms with Crippen molar-refractivity contribution in [2.75, 3.05) is 26.4 Å². The van der Waals surface area contributed by atoms with Crippen LogP contribution in [0, 0.1) is 0 Å². The summed E-state index contributed by atoms with van der Waals surface area (Å²) in [5, 5.41) is 12.7. The van der Waals surface area contributed by atoms with E-state index in [1.807, 2.05) is 0 Å². The van der Waals surface area contributed by atoms with Crippen LogP contribution in [0.15, 0.2) is 97.2 Å². The summed E-state index contributed by atoms with van der Waals surface area (Å²) in [7, 11) is -4.44. The molecule has 10 heteroatoms. The molecular weight excluding hydrogens is 762 g/mol. The fourth-order valence-corrected chi connectivity index (χ4v) is 6.29. The van der Waals surface area contributed by atoms with Gasteiger partial charge in [-0.25, -0.2) is 4.57 Å². The van der Waals surface area contributed by atoms with Gasteiger partial charge in [-0.3, -0.25) is 18.6 Å². The molecule has 59 heavy (non-hydrogen) atoms. The number of unbranched alkanes of at least 4 members (excludes halogenated alkanes) is 12. The molecule has 1 amide bonds. The molecule has 0 heterocycles. The summed E-state index contributed by atoms with van der Waals surface area (Å²) < 4.78 is 26.9. The fourth-order valence-electron chi connectivity index (χ4n) is 5.53. The predicted octanol–water partition coefficient (Wildman–Crippen LogP) is 13.0. The van der Waals surface area contributed by atoms with Crippen LogP contribution in [0.5, 0.6) is 0 Å². The van der Waals surface area contributed by atoms with E-state index in [1.165, 1.54) is 51.4 Å². The van der Waals surface area contributed by atoms with Crippen LogP contribution < -0.4 is 5.32 Å². The second kappa shape index (κ2) is 44.5. The highest BCUT2D eigenvalue weighted by Gasteiger charge is 2.23. The van der Waals surface area contributed by atoms with Crippen LogP contribution >= 0.6 is 7.82 Å². The zero-order valence-corrected chi connectivity index (χ0v) is 37.8. The number of rotatable bonds is 41. The van der Waals surface area contributed by atoms with E-state index in [1.54, 1.807) is 0 Å². The molecule has 2 unspecified atom stereocenters. The molecule has 0 aliphatic heterocycles. The minimum atomic E-state index is -4.44. The molecule has 2 atom stereocenters. The molecule has 336 valence electrons.